The molecular formula is C28H23FN4O3S. The first-order valence-corrected chi connectivity index (χ1v) is 12.5. The monoisotopic (exact) mass is 514 g/mol. The third-order valence-corrected chi connectivity index (χ3v) is 6.81. The highest BCUT2D eigenvalue weighted by atomic mass is 32.2. The van der Waals surface area contributed by atoms with Crippen LogP contribution in [0.4, 0.5) is 10.1 Å². The predicted octanol–water partition coefficient (Wildman–Crippen LogP) is 5.57. The first-order valence-electron chi connectivity index (χ1n) is 11.5. The summed E-state index contributed by atoms with van der Waals surface area (Å²) in [5.74, 6) is -0.127. The summed E-state index contributed by atoms with van der Waals surface area (Å²) in [6.07, 6.45) is 1.76. The number of benzene rings is 3. The Hall–Kier alpha value is -4.37. The summed E-state index contributed by atoms with van der Waals surface area (Å²) < 4.78 is 20.6. The Morgan fingerprint density at radius 1 is 1.11 bits per heavy atom. The zero-order valence-corrected chi connectivity index (χ0v) is 20.9. The highest BCUT2D eigenvalue weighted by Gasteiger charge is 2.19. The van der Waals surface area contributed by atoms with E-state index < -0.39 is 5.82 Å². The van der Waals surface area contributed by atoms with Crippen molar-refractivity contribution in [2.75, 3.05) is 18.2 Å². The van der Waals surface area contributed by atoms with Gasteiger partial charge in [-0.1, -0.05) is 48.2 Å². The second-order valence-corrected chi connectivity index (χ2v) is 9.27. The molecule has 0 aliphatic carbocycles. The molecule has 0 fully saturated rings. The number of thioether (sulfide) groups is 1. The van der Waals surface area contributed by atoms with Gasteiger partial charge in [0, 0.05) is 17.4 Å². The minimum atomic E-state index is -0.396. The van der Waals surface area contributed by atoms with Crippen molar-refractivity contribution in [3.8, 4) is 22.6 Å². The molecule has 37 heavy (non-hydrogen) atoms. The molecule has 2 aromatic heterocycles. The molecule has 0 aliphatic heterocycles. The molecule has 0 saturated carbocycles. The Morgan fingerprint density at radius 2 is 1.86 bits per heavy atom. The molecule has 1 amide bonds. The molecule has 0 unspecified atom stereocenters. The van der Waals surface area contributed by atoms with Crippen LogP contribution in [0.3, 0.4) is 0 Å². The number of fused-ring (bicyclic) bond motifs is 1. The van der Waals surface area contributed by atoms with Crippen LogP contribution in [0, 0.1) is 12.7 Å². The second kappa shape index (κ2) is 10.3. The number of carbonyl (C=O) groups is 1. The normalized spacial score (nSPS) is 11.0. The number of halogens is 1. The number of carbonyl (C=O) groups excluding carboxylic acids is 1. The number of rotatable bonds is 7. The quantitative estimate of drug-likeness (QED) is 0.219. The van der Waals surface area contributed by atoms with Gasteiger partial charge in [-0.2, -0.15) is 0 Å². The van der Waals surface area contributed by atoms with Gasteiger partial charge in [0.15, 0.2) is 5.16 Å². The second-order valence-electron chi connectivity index (χ2n) is 8.33. The van der Waals surface area contributed by atoms with E-state index >= 15 is 0 Å². The van der Waals surface area contributed by atoms with E-state index in [1.807, 2.05) is 30.3 Å². The SMILES string of the molecule is COc1ccc(-n2c(SCC(=O)Nc3ccc(C)c(F)c3)nc3c(-c4ccccc4)c[nH]c3c2=O)cc1. The number of methoxy groups -OCH3 is 1. The summed E-state index contributed by atoms with van der Waals surface area (Å²) in [5.41, 5.74) is 3.73. The van der Waals surface area contributed by atoms with Crippen LogP contribution in [0.25, 0.3) is 27.8 Å². The van der Waals surface area contributed by atoms with Crippen LogP contribution in [-0.2, 0) is 4.79 Å². The average molecular weight is 515 g/mol. The lowest BCUT2D eigenvalue weighted by Crippen LogP contribution is -2.23. The van der Waals surface area contributed by atoms with E-state index in [-0.39, 0.29) is 17.2 Å². The zero-order chi connectivity index (χ0) is 25.9. The maximum absolute atomic E-state index is 13.9. The Morgan fingerprint density at radius 3 is 2.57 bits per heavy atom. The Bertz CT molecular complexity index is 1650. The minimum absolute atomic E-state index is 0.0330. The number of hydrogen-bond donors (Lipinski definition) is 2. The minimum Gasteiger partial charge on any atom is -0.497 e. The van der Waals surface area contributed by atoms with Gasteiger partial charge >= 0.3 is 0 Å². The Labute approximate surface area is 216 Å². The van der Waals surface area contributed by atoms with E-state index in [1.165, 1.54) is 10.6 Å². The summed E-state index contributed by atoms with van der Waals surface area (Å²) in [5, 5.41) is 3.05. The van der Waals surface area contributed by atoms with Gasteiger partial charge < -0.3 is 15.0 Å². The molecule has 0 aliphatic rings. The summed E-state index contributed by atoms with van der Waals surface area (Å²) in [6, 6.07) is 21.2. The van der Waals surface area contributed by atoms with Gasteiger partial charge in [-0.25, -0.2) is 9.37 Å². The topological polar surface area (TPSA) is 89.0 Å². The van der Waals surface area contributed by atoms with Crippen molar-refractivity contribution in [1.82, 2.24) is 14.5 Å². The van der Waals surface area contributed by atoms with Crippen molar-refractivity contribution in [2.45, 2.75) is 12.1 Å². The van der Waals surface area contributed by atoms with Crippen LogP contribution in [0.15, 0.2) is 88.9 Å². The summed E-state index contributed by atoms with van der Waals surface area (Å²) in [4.78, 5) is 34.3. The zero-order valence-electron chi connectivity index (χ0n) is 20.1. The first-order chi connectivity index (χ1) is 17.9. The van der Waals surface area contributed by atoms with E-state index in [0.717, 1.165) is 22.9 Å². The van der Waals surface area contributed by atoms with Gasteiger partial charge in [0.25, 0.3) is 5.56 Å². The van der Waals surface area contributed by atoms with E-state index in [4.69, 9.17) is 9.72 Å². The summed E-state index contributed by atoms with van der Waals surface area (Å²) >= 11 is 1.12. The third kappa shape index (κ3) is 4.99. The van der Waals surface area contributed by atoms with Gasteiger partial charge in [0.05, 0.1) is 18.6 Å². The van der Waals surface area contributed by atoms with Crippen LogP contribution < -0.4 is 15.6 Å². The van der Waals surface area contributed by atoms with Crippen LogP contribution in [-0.4, -0.2) is 33.3 Å². The summed E-state index contributed by atoms with van der Waals surface area (Å²) in [7, 11) is 1.57. The van der Waals surface area contributed by atoms with Gasteiger partial charge in [0.1, 0.15) is 22.6 Å². The van der Waals surface area contributed by atoms with Crippen LogP contribution in [0.2, 0.25) is 0 Å². The van der Waals surface area contributed by atoms with Crippen LogP contribution >= 0.6 is 11.8 Å². The molecule has 0 bridgehead atoms. The molecule has 3 aromatic carbocycles. The molecule has 2 heterocycles. The number of anilines is 1. The lowest BCUT2D eigenvalue weighted by molar-refractivity contribution is -0.113. The smallest absolute Gasteiger partial charge is 0.283 e. The maximum Gasteiger partial charge on any atom is 0.283 e. The van der Waals surface area contributed by atoms with Crippen molar-refractivity contribution in [3.63, 3.8) is 0 Å². The Balaban J connectivity index is 1.53. The number of amides is 1. The number of aromatic nitrogens is 3. The van der Waals surface area contributed by atoms with Gasteiger partial charge in [-0.15, -0.1) is 0 Å². The van der Waals surface area contributed by atoms with Gasteiger partial charge in [-0.05, 0) is 54.4 Å². The molecular weight excluding hydrogens is 491 g/mol. The van der Waals surface area contributed by atoms with Crippen molar-refractivity contribution in [2.24, 2.45) is 0 Å². The highest BCUT2D eigenvalue weighted by molar-refractivity contribution is 7.99. The van der Waals surface area contributed by atoms with Gasteiger partial charge in [0.2, 0.25) is 5.91 Å². The number of nitrogens with zero attached hydrogens (tertiary/aromatic N) is 2. The molecule has 2 N–H and O–H groups in total. The fourth-order valence-electron chi connectivity index (χ4n) is 3.93. The molecule has 5 rings (SSSR count). The predicted molar refractivity (Wildman–Crippen MR) is 144 cm³/mol. The highest BCUT2D eigenvalue weighted by Crippen LogP contribution is 2.29. The van der Waals surface area contributed by atoms with Gasteiger partial charge in [-0.3, -0.25) is 14.2 Å². The lowest BCUT2D eigenvalue weighted by atomic mass is 10.1. The lowest BCUT2D eigenvalue weighted by Gasteiger charge is -2.13. The number of nitrogens with one attached hydrogen (secondary N) is 2. The molecule has 186 valence electrons. The fraction of sp³-hybridized carbons (Fsp3) is 0.107. The van der Waals surface area contributed by atoms with E-state index in [1.54, 1.807) is 56.6 Å². The molecule has 5 aromatic rings. The first kappa shape index (κ1) is 24.3. The number of ether oxygens (including phenoxy) is 1. The van der Waals surface area contributed by atoms with Crippen LogP contribution in [0.5, 0.6) is 5.75 Å². The van der Waals surface area contributed by atoms with E-state index in [0.29, 0.717) is 38.9 Å². The molecule has 0 saturated heterocycles. The van der Waals surface area contributed by atoms with E-state index in [2.05, 4.69) is 10.3 Å². The molecule has 0 atom stereocenters. The van der Waals surface area contributed by atoms with E-state index in [9.17, 15) is 14.0 Å². The standard InChI is InChI=1S/C28H23FN4O3S/c1-17-8-9-19(14-23(17)29)31-24(34)16-37-28-32-25-22(18-6-4-3-5-7-18)15-30-26(25)27(35)33(28)20-10-12-21(36-2)13-11-20/h3-15,30H,16H2,1-2H3,(H,31,34). The average Bonchev–Trinajstić information content (AvgIpc) is 3.35. The number of hydrogen-bond acceptors (Lipinski definition) is 5. The van der Waals surface area contributed by atoms with Crippen LogP contribution in [0.1, 0.15) is 5.56 Å². The fourth-order valence-corrected chi connectivity index (χ4v) is 4.74. The molecule has 9 heteroatoms. The summed E-state index contributed by atoms with van der Waals surface area (Å²) in [6.45, 7) is 1.65. The maximum atomic E-state index is 13.9. The molecule has 0 radical (unpaired) electrons. The van der Waals surface area contributed by atoms with Crippen molar-refractivity contribution in [3.05, 3.63) is 101 Å². The van der Waals surface area contributed by atoms with Crippen molar-refractivity contribution < 1.29 is 13.9 Å². The van der Waals surface area contributed by atoms with Crippen molar-refractivity contribution >= 4 is 34.4 Å². The third-order valence-electron chi connectivity index (χ3n) is 5.87. The number of aryl methyl sites for hydroxylation is 1. The Kier molecular flexibility index (Phi) is 6.78. The largest absolute Gasteiger partial charge is 0.497 e. The van der Waals surface area contributed by atoms with Crippen molar-refractivity contribution in [1.29, 1.82) is 0 Å². The number of aromatic amines is 1. The molecule has 7 nitrogen and oxygen atoms in total. The molecule has 0 spiro atoms. The number of H-pyrrole nitrogens is 1.